The molecule has 116 valence electrons. The van der Waals surface area contributed by atoms with Gasteiger partial charge in [-0.15, -0.1) is 0 Å². The van der Waals surface area contributed by atoms with Crippen molar-refractivity contribution >= 4 is 17.3 Å². The second kappa shape index (κ2) is 7.04. The molecule has 0 saturated carbocycles. The minimum absolute atomic E-state index is 0.110. The number of amides is 1. The number of hydrogen-bond acceptors (Lipinski definition) is 5. The molecule has 0 aliphatic carbocycles. The lowest BCUT2D eigenvalue weighted by Gasteiger charge is -2.10. The van der Waals surface area contributed by atoms with Gasteiger partial charge in [0.05, 0.1) is 16.2 Å². The van der Waals surface area contributed by atoms with Crippen LogP contribution in [0.15, 0.2) is 42.5 Å². The molecule has 7 nitrogen and oxygen atoms in total. The molecule has 0 aliphatic heterocycles. The minimum atomic E-state index is -0.533. The van der Waals surface area contributed by atoms with Crippen LogP contribution >= 0.6 is 0 Å². The van der Waals surface area contributed by atoms with Crippen LogP contribution in [0, 0.1) is 28.4 Å². The van der Waals surface area contributed by atoms with Crippen LogP contribution in [-0.4, -0.2) is 17.4 Å². The first-order valence-electron chi connectivity index (χ1n) is 6.68. The Balaban J connectivity index is 2.04. The Hall–Kier alpha value is -3.40. The topological polar surface area (TPSA) is 105 Å². The van der Waals surface area contributed by atoms with Gasteiger partial charge in [-0.3, -0.25) is 14.9 Å². The molecule has 2 aromatic carbocycles. The summed E-state index contributed by atoms with van der Waals surface area (Å²) in [6.07, 6.45) is 0. The van der Waals surface area contributed by atoms with Crippen LogP contribution in [0.4, 0.5) is 11.4 Å². The van der Waals surface area contributed by atoms with Gasteiger partial charge in [0.2, 0.25) is 0 Å². The van der Waals surface area contributed by atoms with E-state index < -0.39 is 10.8 Å². The number of para-hydroxylation sites is 1. The Bertz CT molecular complexity index is 796. The van der Waals surface area contributed by atoms with E-state index in [-0.39, 0.29) is 12.3 Å². The number of nitrogens with one attached hydrogen (secondary N) is 1. The van der Waals surface area contributed by atoms with Crippen molar-refractivity contribution in [2.45, 2.75) is 6.92 Å². The summed E-state index contributed by atoms with van der Waals surface area (Å²) in [6.45, 7) is 1.42. The molecular formula is C16H13N3O4. The highest BCUT2D eigenvalue weighted by molar-refractivity contribution is 5.93. The fourth-order valence-electron chi connectivity index (χ4n) is 1.87. The van der Waals surface area contributed by atoms with Crippen molar-refractivity contribution in [3.8, 4) is 11.8 Å². The summed E-state index contributed by atoms with van der Waals surface area (Å²) < 4.78 is 5.31. The van der Waals surface area contributed by atoms with Gasteiger partial charge in [-0.1, -0.05) is 18.2 Å². The van der Waals surface area contributed by atoms with Crippen molar-refractivity contribution < 1.29 is 14.5 Å². The molecule has 0 radical (unpaired) electrons. The number of nitro benzene ring substituents is 1. The summed E-state index contributed by atoms with van der Waals surface area (Å²) in [5, 5.41) is 22.3. The molecule has 0 fully saturated rings. The smallest absolute Gasteiger partial charge is 0.271 e. The van der Waals surface area contributed by atoms with Crippen molar-refractivity contribution in [2.75, 3.05) is 11.9 Å². The van der Waals surface area contributed by atoms with E-state index in [1.54, 1.807) is 37.3 Å². The van der Waals surface area contributed by atoms with Gasteiger partial charge in [-0.05, 0) is 24.6 Å². The first-order chi connectivity index (χ1) is 11.0. The lowest BCUT2D eigenvalue weighted by molar-refractivity contribution is -0.384. The first-order valence-corrected chi connectivity index (χ1v) is 6.68. The predicted octanol–water partition coefficient (Wildman–Crippen LogP) is 2.79. The predicted molar refractivity (Wildman–Crippen MR) is 83.1 cm³/mol. The molecule has 0 aromatic heterocycles. The van der Waals surface area contributed by atoms with E-state index in [9.17, 15) is 14.9 Å². The summed E-state index contributed by atoms with van der Waals surface area (Å²) in [4.78, 5) is 22.2. The van der Waals surface area contributed by atoms with E-state index in [0.29, 0.717) is 22.6 Å². The second-order valence-corrected chi connectivity index (χ2v) is 4.70. The van der Waals surface area contributed by atoms with Crippen molar-refractivity contribution in [3.05, 3.63) is 63.7 Å². The monoisotopic (exact) mass is 311 g/mol. The maximum absolute atomic E-state index is 11.9. The standard InChI is InChI=1S/C16H13N3O4/c1-11-6-7-13(19(21)22)8-14(11)18-16(20)10-23-15-5-3-2-4-12(15)9-17/h2-8H,10H2,1H3,(H,18,20). The Morgan fingerprint density at radius 2 is 2.09 bits per heavy atom. The quantitative estimate of drug-likeness (QED) is 0.675. The highest BCUT2D eigenvalue weighted by atomic mass is 16.6. The van der Waals surface area contributed by atoms with Crippen LogP contribution in [-0.2, 0) is 4.79 Å². The summed E-state index contributed by atoms with van der Waals surface area (Å²) in [6, 6.07) is 12.7. The normalized spacial score (nSPS) is 9.74. The maximum atomic E-state index is 11.9. The van der Waals surface area contributed by atoms with E-state index in [0.717, 1.165) is 0 Å². The van der Waals surface area contributed by atoms with Crippen LogP contribution in [0.2, 0.25) is 0 Å². The Kier molecular flexibility index (Phi) is 4.89. The van der Waals surface area contributed by atoms with Crippen molar-refractivity contribution in [2.24, 2.45) is 0 Å². The van der Waals surface area contributed by atoms with Crippen LogP contribution in [0.3, 0.4) is 0 Å². The van der Waals surface area contributed by atoms with Gasteiger partial charge in [0.15, 0.2) is 6.61 Å². The van der Waals surface area contributed by atoms with Crippen LogP contribution < -0.4 is 10.1 Å². The average Bonchev–Trinajstić information content (AvgIpc) is 2.55. The summed E-state index contributed by atoms with van der Waals surface area (Å²) in [5.41, 5.74) is 1.26. The molecule has 2 rings (SSSR count). The zero-order valence-corrected chi connectivity index (χ0v) is 12.3. The van der Waals surface area contributed by atoms with Gasteiger partial charge in [-0.25, -0.2) is 0 Å². The fraction of sp³-hybridized carbons (Fsp3) is 0.125. The van der Waals surface area contributed by atoms with E-state index in [2.05, 4.69) is 5.32 Å². The Morgan fingerprint density at radius 1 is 1.35 bits per heavy atom. The van der Waals surface area contributed by atoms with Crippen LogP contribution in [0.25, 0.3) is 0 Å². The molecule has 0 unspecified atom stereocenters. The number of anilines is 1. The second-order valence-electron chi connectivity index (χ2n) is 4.70. The van der Waals surface area contributed by atoms with Crippen molar-refractivity contribution in [3.63, 3.8) is 0 Å². The molecule has 0 saturated heterocycles. The lowest BCUT2D eigenvalue weighted by Crippen LogP contribution is -2.21. The fourth-order valence-corrected chi connectivity index (χ4v) is 1.87. The molecule has 23 heavy (non-hydrogen) atoms. The highest BCUT2D eigenvalue weighted by Crippen LogP contribution is 2.22. The number of ether oxygens (including phenoxy) is 1. The molecule has 1 amide bonds. The van der Waals surface area contributed by atoms with Crippen LogP contribution in [0.5, 0.6) is 5.75 Å². The van der Waals surface area contributed by atoms with E-state index in [1.807, 2.05) is 6.07 Å². The number of nitriles is 1. The van der Waals surface area contributed by atoms with Gasteiger partial charge < -0.3 is 10.1 Å². The number of non-ortho nitro benzene ring substituents is 1. The van der Waals surface area contributed by atoms with E-state index >= 15 is 0 Å². The van der Waals surface area contributed by atoms with Gasteiger partial charge in [0.25, 0.3) is 11.6 Å². The molecule has 0 bridgehead atoms. The first kappa shape index (κ1) is 16.0. The third-order valence-corrected chi connectivity index (χ3v) is 3.07. The molecular weight excluding hydrogens is 298 g/mol. The van der Waals surface area contributed by atoms with E-state index in [1.165, 1.54) is 12.1 Å². The van der Waals surface area contributed by atoms with Crippen LogP contribution in [0.1, 0.15) is 11.1 Å². The number of carbonyl (C=O) groups excluding carboxylic acids is 1. The number of nitro groups is 1. The third kappa shape index (κ3) is 4.04. The third-order valence-electron chi connectivity index (χ3n) is 3.07. The molecule has 1 N–H and O–H groups in total. The number of aryl methyl sites for hydroxylation is 1. The molecule has 0 aliphatic rings. The van der Waals surface area contributed by atoms with Gasteiger partial charge in [0.1, 0.15) is 11.8 Å². The SMILES string of the molecule is Cc1ccc([N+](=O)[O-])cc1NC(=O)COc1ccccc1C#N. The number of carbonyl (C=O) groups is 1. The molecule has 0 heterocycles. The van der Waals surface area contributed by atoms with Crippen molar-refractivity contribution in [1.82, 2.24) is 0 Å². The zero-order chi connectivity index (χ0) is 16.8. The number of rotatable bonds is 5. The Morgan fingerprint density at radius 3 is 2.78 bits per heavy atom. The Labute approximate surface area is 132 Å². The molecule has 0 spiro atoms. The minimum Gasteiger partial charge on any atom is -0.482 e. The average molecular weight is 311 g/mol. The summed E-state index contributed by atoms with van der Waals surface area (Å²) in [7, 11) is 0. The maximum Gasteiger partial charge on any atom is 0.271 e. The molecule has 0 atom stereocenters. The van der Waals surface area contributed by atoms with Gasteiger partial charge in [-0.2, -0.15) is 5.26 Å². The highest BCUT2D eigenvalue weighted by Gasteiger charge is 2.12. The van der Waals surface area contributed by atoms with Crippen molar-refractivity contribution in [1.29, 1.82) is 5.26 Å². The number of hydrogen-bond donors (Lipinski definition) is 1. The zero-order valence-electron chi connectivity index (χ0n) is 12.3. The number of nitrogens with zero attached hydrogens (tertiary/aromatic N) is 2. The van der Waals surface area contributed by atoms with Gasteiger partial charge >= 0.3 is 0 Å². The largest absolute Gasteiger partial charge is 0.482 e. The molecule has 2 aromatic rings. The summed E-state index contributed by atoms with van der Waals surface area (Å²) >= 11 is 0. The van der Waals surface area contributed by atoms with E-state index in [4.69, 9.17) is 10.00 Å². The molecule has 7 heteroatoms. The van der Waals surface area contributed by atoms with Gasteiger partial charge in [0, 0.05) is 12.1 Å². The number of benzene rings is 2. The lowest BCUT2D eigenvalue weighted by atomic mass is 10.2. The summed E-state index contributed by atoms with van der Waals surface area (Å²) in [5.74, 6) is -0.165.